The van der Waals surface area contributed by atoms with Crippen molar-refractivity contribution in [1.29, 1.82) is 0 Å². The summed E-state index contributed by atoms with van der Waals surface area (Å²) in [6.45, 7) is 6.13. The van der Waals surface area contributed by atoms with Crippen molar-refractivity contribution in [2.75, 3.05) is 18.1 Å². The number of nitrogens with zero attached hydrogens (tertiary/aromatic N) is 1. The predicted octanol–water partition coefficient (Wildman–Crippen LogP) is 4.29. The van der Waals surface area contributed by atoms with Gasteiger partial charge in [-0.1, -0.05) is 19.1 Å². The first-order valence-corrected chi connectivity index (χ1v) is 10.7. The lowest BCUT2D eigenvalue weighted by atomic mass is 9.77. The Labute approximate surface area is 168 Å². The van der Waals surface area contributed by atoms with Crippen molar-refractivity contribution in [2.24, 2.45) is 11.8 Å². The van der Waals surface area contributed by atoms with E-state index in [-0.39, 0.29) is 36.6 Å². The van der Waals surface area contributed by atoms with Gasteiger partial charge >= 0.3 is 0 Å². The molecular formula is C23H34FNO3. The summed E-state index contributed by atoms with van der Waals surface area (Å²) in [4.78, 5) is 13.9. The van der Waals surface area contributed by atoms with Crippen LogP contribution in [0.3, 0.4) is 0 Å². The molecule has 0 aromatic heterocycles. The molecule has 1 aromatic carbocycles. The van der Waals surface area contributed by atoms with Gasteiger partial charge in [0.15, 0.2) is 0 Å². The number of rotatable bonds is 7. The van der Waals surface area contributed by atoms with E-state index in [9.17, 15) is 14.3 Å². The van der Waals surface area contributed by atoms with Crippen LogP contribution in [0.25, 0.3) is 0 Å². The van der Waals surface area contributed by atoms with Crippen LogP contribution >= 0.6 is 0 Å². The minimum atomic E-state index is -1.32. The lowest BCUT2D eigenvalue weighted by Gasteiger charge is -2.30. The van der Waals surface area contributed by atoms with Crippen molar-refractivity contribution in [3.05, 3.63) is 29.8 Å². The highest BCUT2D eigenvalue weighted by molar-refractivity contribution is 5.93. The number of ether oxygens (including phenoxy) is 1. The van der Waals surface area contributed by atoms with E-state index in [1.165, 1.54) is 5.56 Å². The molecule has 0 aliphatic carbocycles. The number of aryl methyl sites for hydroxylation is 1. The molecule has 0 radical (unpaired) electrons. The van der Waals surface area contributed by atoms with E-state index in [4.69, 9.17) is 4.74 Å². The standard InChI is InChI=1S/C23H34FNO3/c1-16-19(28-20(13-15-26)22(16)23(2,3)24)12-9-17-7-10-18(11-8-17)25-14-5-4-6-21(25)27/h7-8,10-11,16,19-20,22,26H,4-6,9,12-15H2,1-3H3/t16-,19+,20-,22+/m1/s1. The van der Waals surface area contributed by atoms with E-state index in [1.807, 2.05) is 17.0 Å². The Morgan fingerprint density at radius 3 is 2.50 bits per heavy atom. The SMILES string of the molecule is C[C@H]1[C@H](C(C)(C)F)[C@@H](CCO)O[C@H]1CCc1ccc(N2CCCCC2=O)cc1. The summed E-state index contributed by atoms with van der Waals surface area (Å²) in [6, 6.07) is 8.22. The molecule has 4 nitrogen and oxygen atoms in total. The molecule has 0 unspecified atom stereocenters. The molecular weight excluding hydrogens is 357 g/mol. The van der Waals surface area contributed by atoms with Crippen molar-refractivity contribution in [3.8, 4) is 0 Å². The highest BCUT2D eigenvalue weighted by Crippen LogP contribution is 2.43. The Morgan fingerprint density at radius 2 is 1.89 bits per heavy atom. The van der Waals surface area contributed by atoms with Crippen LogP contribution in [0.15, 0.2) is 24.3 Å². The van der Waals surface area contributed by atoms with E-state index in [2.05, 4.69) is 19.1 Å². The number of aliphatic hydroxyl groups excluding tert-OH is 1. The highest BCUT2D eigenvalue weighted by atomic mass is 19.1. The average Bonchev–Trinajstić information content (AvgIpc) is 2.97. The van der Waals surface area contributed by atoms with Gasteiger partial charge in [-0.25, -0.2) is 4.39 Å². The molecule has 0 saturated carbocycles. The summed E-state index contributed by atoms with van der Waals surface area (Å²) in [6.07, 6.45) is 4.63. The zero-order valence-electron chi connectivity index (χ0n) is 17.4. The quantitative estimate of drug-likeness (QED) is 0.754. The average molecular weight is 392 g/mol. The summed E-state index contributed by atoms with van der Waals surface area (Å²) < 4.78 is 20.9. The molecule has 156 valence electrons. The number of carbonyl (C=O) groups excluding carboxylic acids is 1. The maximum atomic E-state index is 14.7. The monoisotopic (exact) mass is 391 g/mol. The fraction of sp³-hybridized carbons (Fsp3) is 0.696. The minimum absolute atomic E-state index is 0.0000706. The van der Waals surface area contributed by atoms with Crippen LogP contribution in [0.5, 0.6) is 0 Å². The molecule has 0 bridgehead atoms. The fourth-order valence-corrected chi connectivity index (χ4v) is 5.01. The van der Waals surface area contributed by atoms with Gasteiger partial charge in [-0.05, 0) is 69.6 Å². The van der Waals surface area contributed by atoms with Crippen molar-refractivity contribution < 1.29 is 19.0 Å². The van der Waals surface area contributed by atoms with E-state index in [1.54, 1.807) is 13.8 Å². The number of alkyl halides is 1. The Bertz CT molecular complexity index is 655. The normalized spacial score (nSPS) is 28.8. The first-order valence-electron chi connectivity index (χ1n) is 10.7. The van der Waals surface area contributed by atoms with Crippen LogP contribution in [-0.4, -0.2) is 42.0 Å². The number of amides is 1. The molecule has 2 fully saturated rings. The van der Waals surface area contributed by atoms with Crippen LogP contribution in [0, 0.1) is 11.8 Å². The highest BCUT2D eigenvalue weighted by Gasteiger charge is 2.48. The van der Waals surface area contributed by atoms with Gasteiger partial charge < -0.3 is 14.7 Å². The summed E-state index contributed by atoms with van der Waals surface area (Å²) in [5, 5.41) is 9.31. The van der Waals surface area contributed by atoms with Crippen molar-refractivity contribution in [1.82, 2.24) is 0 Å². The second kappa shape index (κ2) is 8.91. The first-order chi connectivity index (χ1) is 13.3. The largest absolute Gasteiger partial charge is 0.396 e. The number of aliphatic hydroxyl groups is 1. The maximum absolute atomic E-state index is 14.7. The maximum Gasteiger partial charge on any atom is 0.226 e. The van der Waals surface area contributed by atoms with Crippen LogP contribution < -0.4 is 4.90 Å². The zero-order valence-corrected chi connectivity index (χ0v) is 17.4. The van der Waals surface area contributed by atoms with E-state index in [0.29, 0.717) is 12.8 Å². The molecule has 28 heavy (non-hydrogen) atoms. The van der Waals surface area contributed by atoms with Crippen molar-refractivity contribution in [3.63, 3.8) is 0 Å². The first kappa shape index (κ1) is 21.3. The Hall–Kier alpha value is -1.46. The molecule has 3 rings (SSSR count). The smallest absolute Gasteiger partial charge is 0.226 e. The Balaban J connectivity index is 1.60. The van der Waals surface area contributed by atoms with Gasteiger partial charge in [0.2, 0.25) is 5.91 Å². The van der Waals surface area contributed by atoms with E-state index in [0.717, 1.165) is 37.9 Å². The summed E-state index contributed by atoms with van der Waals surface area (Å²) >= 11 is 0. The molecule has 1 aromatic rings. The molecule has 2 aliphatic heterocycles. The number of carbonyl (C=O) groups is 1. The third kappa shape index (κ3) is 4.74. The second-order valence-electron chi connectivity index (χ2n) is 8.88. The Morgan fingerprint density at radius 1 is 1.18 bits per heavy atom. The van der Waals surface area contributed by atoms with Gasteiger partial charge in [-0.3, -0.25) is 4.79 Å². The number of hydrogen-bond donors (Lipinski definition) is 1. The van der Waals surface area contributed by atoms with Crippen LogP contribution in [0.4, 0.5) is 10.1 Å². The van der Waals surface area contributed by atoms with Crippen LogP contribution in [0.1, 0.15) is 58.4 Å². The van der Waals surface area contributed by atoms with Crippen LogP contribution in [-0.2, 0) is 16.0 Å². The molecule has 1 N–H and O–H groups in total. The van der Waals surface area contributed by atoms with Gasteiger partial charge in [-0.15, -0.1) is 0 Å². The van der Waals surface area contributed by atoms with E-state index < -0.39 is 5.67 Å². The van der Waals surface area contributed by atoms with Gasteiger partial charge in [0, 0.05) is 31.2 Å². The van der Waals surface area contributed by atoms with Crippen molar-refractivity contribution >= 4 is 11.6 Å². The molecule has 1 amide bonds. The fourth-order valence-electron chi connectivity index (χ4n) is 5.01. The lowest BCUT2D eigenvalue weighted by Crippen LogP contribution is -2.37. The number of benzene rings is 1. The van der Waals surface area contributed by atoms with Gasteiger partial charge in [0.1, 0.15) is 5.67 Å². The number of anilines is 1. The van der Waals surface area contributed by atoms with Crippen molar-refractivity contribution in [2.45, 2.75) is 77.2 Å². The third-order valence-corrected chi connectivity index (χ3v) is 6.40. The lowest BCUT2D eigenvalue weighted by molar-refractivity contribution is -0.119. The number of piperidine rings is 1. The zero-order chi connectivity index (χ0) is 20.3. The molecule has 5 heteroatoms. The Kier molecular flexibility index (Phi) is 6.77. The van der Waals surface area contributed by atoms with Gasteiger partial charge in [0.25, 0.3) is 0 Å². The van der Waals surface area contributed by atoms with Gasteiger partial charge in [-0.2, -0.15) is 0 Å². The molecule has 0 spiro atoms. The predicted molar refractivity (Wildman–Crippen MR) is 109 cm³/mol. The number of hydrogen-bond acceptors (Lipinski definition) is 3. The van der Waals surface area contributed by atoms with Crippen LogP contribution in [0.2, 0.25) is 0 Å². The molecule has 2 aliphatic rings. The molecule has 2 saturated heterocycles. The molecule has 2 heterocycles. The number of halogens is 1. The summed E-state index contributed by atoms with van der Waals surface area (Å²) in [5.41, 5.74) is 0.850. The van der Waals surface area contributed by atoms with Gasteiger partial charge in [0.05, 0.1) is 12.2 Å². The topological polar surface area (TPSA) is 49.8 Å². The summed E-state index contributed by atoms with van der Waals surface area (Å²) in [7, 11) is 0. The third-order valence-electron chi connectivity index (χ3n) is 6.40. The minimum Gasteiger partial charge on any atom is -0.396 e. The van der Waals surface area contributed by atoms with E-state index >= 15 is 0 Å². The summed E-state index contributed by atoms with van der Waals surface area (Å²) in [5.74, 6) is 0.126. The second-order valence-corrected chi connectivity index (χ2v) is 8.88. The molecule has 4 atom stereocenters.